The fraction of sp³-hybridized carbons (Fsp3) is 0.409. The van der Waals surface area contributed by atoms with Crippen LogP contribution in [0.2, 0.25) is 5.02 Å². The van der Waals surface area contributed by atoms with Crippen LogP contribution in [0.1, 0.15) is 24.4 Å². The smallest absolute Gasteiger partial charge is 0.193 e. The lowest BCUT2D eigenvalue weighted by Gasteiger charge is -2.39. The number of likely N-dealkylation sites (tertiary alicyclic amines) is 1. The summed E-state index contributed by atoms with van der Waals surface area (Å²) in [7, 11) is 5.40. The standard InChI is InChI=1S/C22H29ClN4O2.HI/c1-27-11-5-7-16(21(27)15-6-4-8-17(23)12-15)14-25-22(24)26-19-13-18(28-2)9-10-20(19)29-3;/h4,6,8-10,12-13,16,21H,5,7,11,14H2,1-3H3,(H3,24,25,26);1H. The van der Waals surface area contributed by atoms with Crippen molar-refractivity contribution in [1.29, 1.82) is 0 Å². The Morgan fingerprint density at radius 3 is 2.73 bits per heavy atom. The molecule has 30 heavy (non-hydrogen) atoms. The number of guanidine groups is 1. The molecule has 0 aliphatic carbocycles. The maximum atomic E-state index is 6.23. The Labute approximate surface area is 200 Å². The monoisotopic (exact) mass is 544 g/mol. The van der Waals surface area contributed by atoms with Crippen LogP contribution in [0.15, 0.2) is 47.5 Å². The summed E-state index contributed by atoms with van der Waals surface area (Å²) < 4.78 is 10.7. The first-order chi connectivity index (χ1) is 14.0. The van der Waals surface area contributed by atoms with Gasteiger partial charge in [0.15, 0.2) is 5.96 Å². The Balaban J connectivity index is 0.00000320. The molecule has 3 N–H and O–H groups in total. The second kappa shape index (κ2) is 11.6. The minimum absolute atomic E-state index is 0. The molecule has 2 aromatic rings. The van der Waals surface area contributed by atoms with E-state index in [4.69, 9.17) is 26.8 Å². The molecule has 1 fully saturated rings. The molecule has 0 saturated carbocycles. The second-order valence-electron chi connectivity index (χ2n) is 7.30. The first kappa shape index (κ1) is 24.6. The predicted molar refractivity (Wildman–Crippen MR) is 135 cm³/mol. The van der Waals surface area contributed by atoms with E-state index < -0.39 is 0 Å². The van der Waals surface area contributed by atoms with Crippen LogP contribution in [-0.4, -0.2) is 45.2 Å². The normalized spacial score (nSPS) is 19.7. The molecule has 6 nitrogen and oxygen atoms in total. The zero-order valence-electron chi connectivity index (χ0n) is 17.6. The molecule has 1 heterocycles. The van der Waals surface area contributed by atoms with Crippen LogP contribution in [0.4, 0.5) is 5.69 Å². The maximum absolute atomic E-state index is 6.23. The summed E-state index contributed by atoms with van der Waals surface area (Å²) in [5.74, 6) is 2.11. The molecule has 164 valence electrons. The van der Waals surface area contributed by atoms with Gasteiger partial charge < -0.3 is 20.5 Å². The predicted octanol–water partition coefficient (Wildman–Crippen LogP) is 4.78. The summed E-state index contributed by atoms with van der Waals surface area (Å²) in [6.07, 6.45) is 2.24. The largest absolute Gasteiger partial charge is 0.497 e. The van der Waals surface area contributed by atoms with Gasteiger partial charge in [0.1, 0.15) is 11.5 Å². The number of nitrogens with two attached hydrogens (primary N) is 1. The lowest BCUT2D eigenvalue weighted by atomic mass is 9.85. The average Bonchev–Trinajstić information content (AvgIpc) is 2.72. The molecule has 2 aromatic carbocycles. The van der Waals surface area contributed by atoms with Gasteiger partial charge in [-0.15, -0.1) is 24.0 Å². The summed E-state index contributed by atoms with van der Waals surface area (Å²) in [6.45, 7) is 1.69. The number of nitrogens with zero attached hydrogens (tertiary/aromatic N) is 2. The molecule has 0 amide bonds. The van der Waals surface area contributed by atoms with Crippen molar-refractivity contribution in [2.45, 2.75) is 18.9 Å². The van der Waals surface area contributed by atoms with Crippen molar-refractivity contribution in [2.24, 2.45) is 16.6 Å². The van der Waals surface area contributed by atoms with E-state index in [9.17, 15) is 0 Å². The van der Waals surface area contributed by atoms with Gasteiger partial charge in [-0.2, -0.15) is 0 Å². The number of halogens is 2. The highest BCUT2D eigenvalue weighted by atomic mass is 127. The van der Waals surface area contributed by atoms with Crippen molar-refractivity contribution in [1.82, 2.24) is 4.90 Å². The minimum Gasteiger partial charge on any atom is -0.497 e. The summed E-state index contributed by atoms with van der Waals surface area (Å²) in [4.78, 5) is 7.01. The van der Waals surface area contributed by atoms with Crippen molar-refractivity contribution in [3.8, 4) is 11.5 Å². The molecular weight excluding hydrogens is 515 g/mol. The molecule has 1 aliphatic rings. The van der Waals surface area contributed by atoms with Gasteiger partial charge in [0.2, 0.25) is 0 Å². The lowest BCUT2D eigenvalue weighted by molar-refractivity contribution is 0.125. The Kier molecular flexibility index (Phi) is 9.51. The zero-order chi connectivity index (χ0) is 20.8. The maximum Gasteiger partial charge on any atom is 0.193 e. The topological polar surface area (TPSA) is 72.1 Å². The Bertz CT molecular complexity index is 865. The number of hydrogen-bond acceptors (Lipinski definition) is 4. The Morgan fingerprint density at radius 2 is 2.03 bits per heavy atom. The van der Waals surface area contributed by atoms with Gasteiger partial charge in [-0.1, -0.05) is 23.7 Å². The third-order valence-corrected chi connectivity index (χ3v) is 5.60. The van der Waals surface area contributed by atoms with Crippen LogP contribution in [0.25, 0.3) is 0 Å². The zero-order valence-corrected chi connectivity index (χ0v) is 20.7. The van der Waals surface area contributed by atoms with Crippen LogP contribution in [0, 0.1) is 5.92 Å². The molecule has 2 unspecified atom stereocenters. The number of ether oxygens (including phenoxy) is 2. The number of piperidine rings is 1. The third kappa shape index (κ3) is 6.15. The van der Waals surface area contributed by atoms with Crippen molar-refractivity contribution in [3.05, 3.63) is 53.1 Å². The average molecular weight is 545 g/mol. The minimum atomic E-state index is 0. The van der Waals surface area contributed by atoms with Gasteiger partial charge in [0, 0.05) is 23.7 Å². The van der Waals surface area contributed by atoms with Crippen molar-refractivity contribution in [3.63, 3.8) is 0 Å². The van der Waals surface area contributed by atoms with E-state index in [2.05, 4.69) is 28.3 Å². The lowest BCUT2D eigenvalue weighted by Crippen LogP contribution is -2.38. The first-order valence-electron chi connectivity index (χ1n) is 9.76. The first-order valence-corrected chi connectivity index (χ1v) is 10.1. The van der Waals surface area contributed by atoms with Crippen LogP contribution >= 0.6 is 35.6 Å². The fourth-order valence-electron chi connectivity index (χ4n) is 3.97. The van der Waals surface area contributed by atoms with Gasteiger partial charge in [-0.3, -0.25) is 9.89 Å². The molecule has 0 bridgehead atoms. The van der Waals surface area contributed by atoms with Crippen LogP contribution < -0.4 is 20.5 Å². The van der Waals surface area contributed by atoms with Crippen LogP contribution in [0.3, 0.4) is 0 Å². The van der Waals surface area contributed by atoms with Crippen molar-refractivity contribution >= 4 is 47.2 Å². The molecule has 0 radical (unpaired) electrons. The number of hydrogen-bond donors (Lipinski definition) is 2. The Morgan fingerprint density at radius 1 is 1.23 bits per heavy atom. The number of rotatable bonds is 6. The van der Waals surface area contributed by atoms with Crippen LogP contribution in [0.5, 0.6) is 11.5 Å². The molecule has 3 rings (SSSR count). The number of anilines is 1. The molecule has 2 atom stereocenters. The van der Waals surface area contributed by atoms with E-state index in [1.165, 1.54) is 5.56 Å². The second-order valence-corrected chi connectivity index (χ2v) is 7.74. The summed E-state index contributed by atoms with van der Waals surface area (Å²) in [5, 5.41) is 3.90. The molecule has 0 spiro atoms. The summed E-state index contributed by atoms with van der Waals surface area (Å²) >= 11 is 6.23. The number of nitrogens with one attached hydrogen (secondary N) is 1. The van der Waals surface area contributed by atoms with Crippen molar-refractivity contribution < 1.29 is 9.47 Å². The third-order valence-electron chi connectivity index (χ3n) is 5.36. The van der Waals surface area contributed by atoms with Gasteiger partial charge in [-0.05, 0) is 62.2 Å². The van der Waals surface area contributed by atoms with E-state index in [0.29, 0.717) is 24.2 Å². The van der Waals surface area contributed by atoms with E-state index in [0.717, 1.165) is 35.8 Å². The molecule has 1 aliphatic heterocycles. The van der Waals surface area contributed by atoms with Gasteiger partial charge in [0.25, 0.3) is 0 Å². The number of methoxy groups -OCH3 is 2. The van der Waals surface area contributed by atoms with Gasteiger partial charge >= 0.3 is 0 Å². The van der Waals surface area contributed by atoms with E-state index in [-0.39, 0.29) is 30.0 Å². The number of aliphatic imine (C=N–C) groups is 1. The van der Waals surface area contributed by atoms with E-state index >= 15 is 0 Å². The SMILES string of the molecule is COc1ccc(OC)c(NC(N)=NCC2CCCN(C)C2c2cccc(Cl)c2)c1.I. The fourth-order valence-corrected chi connectivity index (χ4v) is 4.17. The Hall–Kier alpha value is -1.71. The molecule has 1 saturated heterocycles. The van der Waals surface area contributed by atoms with Gasteiger partial charge in [-0.25, -0.2) is 0 Å². The molecule has 8 heteroatoms. The molecular formula is C22H30ClIN4O2. The quantitative estimate of drug-likeness (QED) is 0.311. The molecule has 0 aromatic heterocycles. The summed E-state index contributed by atoms with van der Waals surface area (Å²) in [5.41, 5.74) is 8.13. The van der Waals surface area contributed by atoms with Crippen LogP contribution in [-0.2, 0) is 0 Å². The highest BCUT2D eigenvalue weighted by Gasteiger charge is 2.30. The van der Waals surface area contributed by atoms with E-state index in [1.54, 1.807) is 14.2 Å². The highest BCUT2D eigenvalue weighted by molar-refractivity contribution is 14.0. The number of benzene rings is 2. The van der Waals surface area contributed by atoms with Gasteiger partial charge in [0.05, 0.1) is 19.9 Å². The van der Waals surface area contributed by atoms with Crippen molar-refractivity contribution in [2.75, 3.05) is 39.7 Å². The highest BCUT2D eigenvalue weighted by Crippen LogP contribution is 2.36. The summed E-state index contributed by atoms with van der Waals surface area (Å²) in [6, 6.07) is 13.9. The van der Waals surface area contributed by atoms with E-state index in [1.807, 2.05) is 36.4 Å².